The number of hydrogen-bond acceptors (Lipinski definition) is 3. The molecule has 0 saturated heterocycles. The van der Waals surface area contributed by atoms with E-state index < -0.39 is 6.10 Å². The van der Waals surface area contributed by atoms with Crippen LogP contribution in [0.5, 0.6) is 0 Å². The van der Waals surface area contributed by atoms with Crippen molar-refractivity contribution in [2.24, 2.45) is 0 Å². The number of halogens is 2. The van der Waals surface area contributed by atoms with E-state index in [1.807, 2.05) is 0 Å². The van der Waals surface area contributed by atoms with Gasteiger partial charge in [-0.2, -0.15) is 0 Å². The van der Waals surface area contributed by atoms with Crippen LogP contribution in [0.25, 0.3) is 0 Å². The summed E-state index contributed by atoms with van der Waals surface area (Å²) in [7, 11) is 0. The van der Waals surface area contributed by atoms with Crippen LogP contribution in [-0.4, -0.2) is 10.1 Å². The van der Waals surface area contributed by atoms with E-state index in [9.17, 15) is 9.50 Å². The largest absolute Gasteiger partial charge is 0.386 e. The Kier molecular flexibility index (Phi) is 3.53. The number of rotatable bonds is 3. The fourth-order valence-corrected chi connectivity index (χ4v) is 2.21. The van der Waals surface area contributed by atoms with Gasteiger partial charge in [0.2, 0.25) is 0 Å². The third-order valence-electron chi connectivity index (χ3n) is 2.16. The van der Waals surface area contributed by atoms with Gasteiger partial charge in [-0.15, -0.1) is 11.3 Å². The fourth-order valence-electron chi connectivity index (χ4n) is 1.39. The maximum Gasteiger partial charge on any atom is 0.123 e. The predicted molar refractivity (Wildman–Crippen MR) is 62.2 cm³/mol. The minimum absolute atomic E-state index is 0.268. The Morgan fingerprint density at radius 2 is 2.31 bits per heavy atom. The van der Waals surface area contributed by atoms with Crippen molar-refractivity contribution in [3.05, 3.63) is 51.2 Å². The predicted octanol–water partition coefficient (Wildman–Crippen LogP) is 3.21. The number of nitrogens with zero attached hydrogens (tertiary/aromatic N) is 1. The van der Waals surface area contributed by atoms with Gasteiger partial charge in [0, 0.05) is 23.0 Å². The molecule has 0 aliphatic heterocycles. The van der Waals surface area contributed by atoms with Gasteiger partial charge in [-0.05, 0) is 23.8 Å². The Bertz CT molecular complexity index is 475. The van der Waals surface area contributed by atoms with E-state index in [1.165, 1.54) is 29.5 Å². The summed E-state index contributed by atoms with van der Waals surface area (Å²) in [5, 5.41) is 12.7. The van der Waals surface area contributed by atoms with E-state index in [-0.39, 0.29) is 12.2 Å². The van der Waals surface area contributed by atoms with Crippen molar-refractivity contribution in [3.8, 4) is 0 Å². The Morgan fingerprint density at radius 3 is 3.00 bits per heavy atom. The van der Waals surface area contributed by atoms with Crippen LogP contribution < -0.4 is 0 Å². The summed E-state index contributed by atoms with van der Waals surface area (Å²) in [6.07, 6.45) is 1.15. The summed E-state index contributed by atoms with van der Waals surface area (Å²) in [5.74, 6) is -0.356. The van der Waals surface area contributed by atoms with E-state index >= 15 is 0 Å². The molecule has 0 fully saturated rings. The van der Waals surface area contributed by atoms with Crippen LogP contribution in [0.1, 0.15) is 16.7 Å². The lowest BCUT2D eigenvalue weighted by molar-refractivity contribution is 0.178. The molecule has 0 saturated carbocycles. The number of aromatic nitrogens is 1. The average Bonchev–Trinajstić information content (AvgIpc) is 2.76. The molecule has 0 aliphatic carbocycles. The number of thiazole rings is 1. The van der Waals surface area contributed by atoms with Crippen LogP contribution in [0.15, 0.2) is 29.8 Å². The van der Waals surface area contributed by atoms with Gasteiger partial charge >= 0.3 is 0 Å². The summed E-state index contributed by atoms with van der Waals surface area (Å²) in [5.41, 5.74) is 0.587. The summed E-state index contributed by atoms with van der Waals surface area (Å²) >= 11 is 7.27. The standard InChI is InChI=1S/C11H9ClFNOS/c12-9-2-1-8(13)5-7(9)6-10(15)11-14-3-4-16-11/h1-5,10,15H,6H2. The third-order valence-corrected chi connectivity index (χ3v) is 3.40. The second kappa shape index (κ2) is 4.91. The third kappa shape index (κ3) is 2.58. The quantitative estimate of drug-likeness (QED) is 0.916. The Morgan fingerprint density at radius 1 is 1.50 bits per heavy atom. The van der Waals surface area contributed by atoms with Gasteiger partial charge in [0.1, 0.15) is 16.9 Å². The maximum absolute atomic E-state index is 13.0. The number of aliphatic hydroxyl groups is 1. The van der Waals surface area contributed by atoms with Crippen molar-refractivity contribution >= 4 is 22.9 Å². The van der Waals surface area contributed by atoms with E-state index in [2.05, 4.69) is 4.98 Å². The van der Waals surface area contributed by atoms with Crippen molar-refractivity contribution in [2.75, 3.05) is 0 Å². The summed E-state index contributed by atoms with van der Waals surface area (Å²) < 4.78 is 13.0. The summed E-state index contributed by atoms with van der Waals surface area (Å²) in [6.45, 7) is 0. The lowest BCUT2D eigenvalue weighted by Gasteiger charge is -2.09. The monoisotopic (exact) mass is 257 g/mol. The topological polar surface area (TPSA) is 33.1 Å². The molecule has 0 radical (unpaired) electrons. The first kappa shape index (κ1) is 11.5. The maximum atomic E-state index is 13.0. The molecule has 16 heavy (non-hydrogen) atoms. The highest BCUT2D eigenvalue weighted by Gasteiger charge is 2.13. The minimum atomic E-state index is -0.737. The molecule has 1 atom stereocenters. The van der Waals surface area contributed by atoms with Crippen molar-refractivity contribution in [3.63, 3.8) is 0 Å². The highest BCUT2D eigenvalue weighted by atomic mass is 35.5. The fraction of sp³-hybridized carbons (Fsp3) is 0.182. The summed E-state index contributed by atoms with van der Waals surface area (Å²) in [4.78, 5) is 4.00. The van der Waals surface area contributed by atoms with E-state index in [0.29, 0.717) is 15.6 Å². The molecule has 84 valence electrons. The molecule has 1 unspecified atom stereocenters. The van der Waals surface area contributed by atoms with Gasteiger partial charge in [0.05, 0.1) is 0 Å². The molecular formula is C11H9ClFNOS. The Hall–Kier alpha value is -0.970. The van der Waals surface area contributed by atoms with Gasteiger partial charge in [-0.1, -0.05) is 11.6 Å². The second-order valence-electron chi connectivity index (χ2n) is 3.33. The first-order valence-corrected chi connectivity index (χ1v) is 5.94. The summed E-state index contributed by atoms with van der Waals surface area (Å²) in [6, 6.07) is 4.11. The molecule has 2 aromatic rings. The molecule has 5 heteroatoms. The van der Waals surface area contributed by atoms with Gasteiger partial charge in [0.25, 0.3) is 0 Å². The van der Waals surface area contributed by atoms with E-state index in [0.717, 1.165) is 0 Å². The van der Waals surface area contributed by atoms with E-state index in [1.54, 1.807) is 11.6 Å². The van der Waals surface area contributed by atoms with Crippen LogP contribution in [0.2, 0.25) is 5.02 Å². The first-order chi connectivity index (χ1) is 7.66. The molecular weight excluding hydrogens is 249 g/mol. The molecule has 0 bridgehead atoms. The van der Waals surface area contributed by atoms with Crippen molar-refractivity contribution in [1.29, 1.82) is 0 Å². The van der Waals surface area contributed by atoms with Crippen LogP contribution in [0, 0.1) is 5.82 Å². The molecule has 0 aliphatic rings. The molecule has 0 spiro atoms. The number of benzene rings is 1. The van der Waals surface area contributed by atoms with Gasteiger partial charge < -0.3 is 5.11 Å². The lowest BCUT2D eigenvalue weighted by atomic mass is 10.1. The van der Waals surface area contributed by atoms with Crippen LogP contribution >= 0.6 is 22.9 Å². The van der Waals surface area contributed by atoms with E-state index in [4.69, 9.17) is 11.6 Å². The molecule has 1 N–H and O–H groups in total. The minimum Gasteiger partial charge on any atom is -0.386 e. The molecule has 0 amide bonds. The van der Waals surface area contributed by atoms with Gasteiger partial charge in [0.15, 0.2) is 0 Å². The molecule has 1 heterocycles. The average molecular weight is 258 g/mol. The smallest absolute Gasteiger partial charge is 0.123 e. The zero-order valence-electron chi connectivity index (χ0n) is 8.23. The molecule has 2 rings (SSSR count). The number of hydrogen-bond donors (Lipinski definition) is 1. The zero-order valence-corrected chi connectivity index (χ0v) is 9.80. The van der Waals surface area contributed by atoms with Crippen LogP contribution in [-0.2, 0) is 6.42 Å². The highest BCUT2D eigenvalue weighted by Crippen LogP contribution is 2.25. The SMILES string of the molecule is OC(Cc1cc(F)ccc1Cl)c1nccs1. The molecule has 2 nitrogen and oxygen atoms in total. The zero-order chi connectivity index (χ0) is 11.5. The Balaban J connectivity index is 2.17. The normalized spacial score (nSPS) is 12.7. The van der Waals surface area contributed by atoms with Crippen LogP contribution in [0.3, 0.4) is 0 Å². The first-order valence-electron chi connectivity index (χ1n) is 4.68. The Labute approximate surface area is 101 Å². The van der Waals surface area contributed by atoms with Gasteiger partial charge in [-0.25, -0.2) is 9.37 Å². The second-order valence-corrected chi connectivity index (χ2v) is 4.66. The van der Waals surface area contributed by atoms with Crippen LogP contribution in [0.4, 0.5) is 4.39 Å². The lowest BCUT2D eigenvalue weighted by Crippen LogP contribution is -2.02. The molecule has 1 aromatic carbocycles. The van der Waals surface area contributed by atoms with Gasteiger partial charge in [-0.3, -0.25) is 0 Å². The number of aliphatic hydroxyl groups excluding tert-OH is 1. The van der Waals surface area contributed by atoms with Crippen molar-refractivity contribution in [1.82, 2.24) is 4.98 Å². The van der Waals surface area contributed by atoms with Crippen molar-refractivity contribution < 1.29 is 9.50 Å². The molecule has 1 aromatic heterocycles. The van der Waals surface area contributed by atoms with Crippen molar-refractivity contribution in [2.45, 2.75) is 12.5 Å². The highest BCUT2D eigenvalue weighted by molar-refractivity contribution is 7.09.